The Kier molecular flexibility index (Phi) is 6.97. The van der Waals surface area contributed by atoms with Gasteiger partial charge in [-0.2, -0.15) is 0 Å². The van der Waals surface area contributed by atoms with Gasteiger partial charge >= 0.3 is 6.03 Å². The van der Waals surface area contributed by atoms with Crippen molar-refractivity contribution in [3.63, 3.8) is 0 Å². The Labute approximate surface area is 209 Å². The van der Waals surface area contributed by atoms with E-state index < -0.39 is 11.9 Å². The van der Waals surface area contributed by atoms with Gasteiger partial charge in [-0.05, 0) is 41.3 Å². The molecule has 3 aliphatic heterocycles. The molecule has 36 heavy (non-hydrogen) atoms. The van der Waals surface area contributed by atoms with Gasteiger partial charge in [0.05, 0.1) is 13.2 Å². The molecule has 0 bridgehead atoms. The van der Waals surface area contributed by atoms with Gasteiger partial charge in [0.1, 0.15) is 6.04 Å². The second-order valence-corrected chi connectivity index (χ2v) is 9.29. The highest BCUT2D eigenvalue weighted by atomic mass is 16.5. The van der Waals surface area contributed by atoms with E-state index in [2.05, 4.69) is 20.9 Å². The van der Waals surface area contributed by atoms with Gasteiger partial charge in [-0.15, -0.1) is 0 Å². The molecule has 5 rings (SSSR count). The Morgan fingerprint density at radius 2 is 1.89 bits per heavy atom. The third kappa shape index (κ3) is 5.39. The van der Waals surface area contributed by atoms with Crippen LogP contribution >= 0.6 is 0 Å². The summed E-state index contributed by atoms with van der Waals surface area (Å²) in [5.41, 5.74) is 4.05. The Morgan fingerprint density at radius 3 is 2.69 bits per heavy atom. The molecular weight excluding hydrogens is 462 g/mol. The lowest BCUT2D eigenvalue weighted by Crippen LogP contribution is -2.52. The number of benzene rings is 2. The molecule has 2 aromatic carbocycles. The van der Waals surface area contributed by atoms with Crippen molar-refractivity contribution in [3.8, 4) is 0 Å². The molecule has 3 heterocycles. The van der Waals surface area contributed by atoms with E-state index in [4.69, 9.17) is 4.74 Å². The summed E-state index contributed by atoms with van der Waals surface area (Å²) in [5, 5.41) is 8.05. The van der Waals surface area contributed by atoms with Crippen molar-refractivity contribution in [3.05, 3.63) is 64.7 Å². The molecule has 5 amide bonds. The number of imide groups is 1. The summed E-state index contributed by atoms with van der Waals surface area (Å²) in [7, 11) is 0. The van der Waals surface area contributed by atoms with Crippen LogP contribution in [0.1, 0.15) is 39.9 Å². The summed E-state index contributed by atoms with van der Waals surface area (Å²) in [6.07, 6.45) is 0.545. The van der Waals surface area contributed by atoms with Crippen LogP contribution in [0.15, 0.2) is 42.5 Å². The monoisotopic (exact) mass is 491 g/mol. The predicted molar refractivity (Wildman–Crippen MR) is 131 cm³/mol. The first-order valence-electron chi connectivity index (χ1n) is 12.2. The standard InChI is InChI=1S/C26H29N5O5/c32-23-7-6-22(24(33)29-23)31-16-19-12-17(4-5-21(19)25(31)34)14-27-26(35)28-20-3-1-2-18(13-20)15-30-8-10-36-11-9-30/h1-5,12-13,22H,6-11,14-16H2,(H2,27,28,35)(H,29,32,33). The summed E-state index contributed by atoms with van der Waals surface area (Å²) in [4.78, 5) is 52.8. The van der Waals surface area contributed by atoms with Crippen LogP contribution in [0, 0.1) is 0 Å². The lowest BCUT2D eigenvalue weighted by Gasteiger charge is -2.29. The molecule has 3 aliphatic rings. The van der Waals surface area contributed by atoms with Crippen molar-refractivity contribution in [2.75, 3.05) is 31.6 Å². The number of ether oxygens (including phenoxy) is 1. The number of morpholine rings is 1. The van der Waals surface area contributed by atoms with Gasteiger partial charge < -0.3 is 20.3 Å². The molecule has 2 aromatic rings. The molecule has 0 radical (unpaired) electrons. The molecule has 2 fully saturated rings. The number of anilines is 1. The van der Waals surface area contributed by atoms with E-state index in [-0.39, 0.29) is 24.3 Å². The zero-order chi connectivity index (χ0) is 25.1. The van der Waals surface area contributed by atoms with Gasteiger partial charge in [0, 0.05) is 50.4 Å². The maximum Gasteiger partial charge on any atom is 0.319 e. The van der Waals surface area contributed by atoms with Crippen LogP contribution < -0.4 is 16.0 Å². The fourth-order valence-electron chi connectivity index (χ4n) is 4.86. The number of amides is 5. The number of nitrogens with zero attached hydrogens (tertiary/aromatic N) is 2. The van der Waals surface area contributed by atoms with Crippen molar-refractivity contribution in [1.82, 2.24) is 20.4 Å². The lowest BCUT2D eigenvalue weighted by atomic mass is 10.0. The Balaban J connectivity index is 1.15. The van der Waals surface area contributed by atoms with Crippen molar-refractivity contribution in [2.24, 2.45) is 0 Å². The van der Waals surface area contributed by atoms with Crippen molar-refractivity contribution < 1.29 is 23.9 Å². The van der Waals surface area contributed by atoms with Gasteiger partial charge in [-0.3, -0.25) is 24.6 Å². The minimum atomic E-state index is -0.644. The number of fused-ring (bicyclic) bond motifs is 1. The van der Waals surface area contributed by atoms with E-state index in [0.717, 1.165) is 55.2 Å². The Morgan fingerprint density at radius 1 is 1.06 bits per heavy atom. The first-order chi connectivity index (χ1) is 17.5. The van der Waals surface area contributed by atoms with Crippen molar-refractivity contribution >= 4 is 29.4 Å². The Hall–Kier alpha value is -3.76. The topological polar surface area (TPSA) is 120 Å². The number of piperidine rings is 1. The molecule has 10 nitrogen and oxygen atoms in total. The van der Waals surface area contributed by atoms with E-state index in [1.165, 1.54) is 4.90 Å². The fourth-order valence-corrected chi connectivity index (χ4v) is 4.86. The van der Waals surface area contributed by atoms with E-state index in [1.807, 2.05) is 30.3 Å². The summed E-state index contributed by atoms with van der Waals surface area (Å²) in [6, 6.07) is 12.2. The zero-order valence-electron chi connectivity index (χ0n) is 19.9. The van der Waals surface area contributed by atoms with Gasteiger partial charge in [-0.1, -0.05) is 24.3 Å². The summed E-state index contributed by atoms with van der Waals surface area (Å²) < 4.78 is 5.39. The van der Waals surface area contributed by atoms with Crippen LogP contribution in [0.5, 0.6) is 0 Å². The maximum absolute atomic E-state index is 12.8. The Bertz CT molecular complexity index is 1190. The third-order valence-corrected chi connectivity index (χ3v) is 6.74. The van der Waals surface area contributed by atoms with Crippen LogP contribution in [0.25, 0.3) is 0 Å². The molecule has 1 atom stereocenters. The maximum atomic E-state index is 12.8. The van der Waals surface area contributed by atoms with Crippen LogP contribution in [0.2, 0.25) is 0 Å². The molecular formula is C26H29N5O5. The average Bonchev–Trinajstić information content (AvgIpc) is 3.19. The number of hydrogen-bond donors (Lipinski definition) is 3. The molecule has 0 aromatic heterocycles. The fraction of sp³-hybridized carbons (Fsp3) is 0.385. The number of carbonyl (C=O) groups excluding carboxylic acids is 4. The van der Waals surface area contributed by atoms with Crippen LogP contribution in [0.3, 0.4) is 0 Å². The highest BCUT2D eigenvalue weighted by molar-refractivity contribution is 6.05. The average molecular weight is 492 g/mol. The number of carbonyl (C=O) groups is 4. The van der Waals surface area contributed by atoms with E-state index in [0.29, 0.717) is 25.1 Å². The second kappa shape index (κ2) is 10.5. The quantitative estimate of drug-likeness (QED) is 0.528. The molecule has 0 saturated carbocycles. The molecule has 10 heteroatoms. The number of nitrogens with one attached hydrogen (secondary N) is 3. The SMILES string of the molecule is O=C1CCC(N2Cc3cc(CNC(=O)Nc4cccc(CN5CCOCC5)c4)ccc3C2=O)C(=O)N1. The van der Waals surface area contributed by atoms with Crippen LogP contribution in [0.4, 0.5) is 10.5 Å². The molecule has 0 spiro atoms. The number of urea groups is 1. The minimum Gasteiger partial charge on any atom is -0.379 e. The number of rotatable bonds is 6. The van der Waals surface area contributed by atoms with Gasteiger partial charge in [0.2, 0.25) is 11.8 Å². The first-order valence-corrected chi connectivity index (χ1v) is 12.2. The predicted octanol–water partition coefficient (Wildman–Crippen LogP) is 1.60. The van der Waals surface area contributed by atoms with Gasteiger partial charge in [0.25, 0.3) is 5.91 Å². The summed E-state index contributed by atoms with van der Waals surface area (Å²) >= 11 is 0. The summed E-state index contributed by atoms with van der Waals surface area (Å²) in [5.74, 6) is -0.954. The lowest BCUT2D eigenvalue weighted by molar-refractivity contribution is -0.136. The zero-order valence-corrected chi connectivity index (χ0v) is 19.9. The minimum absolute atomic E-state index is 0.214. The normalized spacial score (nSPS) is 20.2. The van der Waals surface area contributed by atoms with Gasteiger partial charge in [-0.25, -0.2) is 4.79 Å². The van der Waals surface area contributed by atoms with Crippen LogP contribution in [-0.4, -0.2) is 65.9 Å². The largest absolute Gasteiger partial charge is 0.379 e. The van der Waals surface area contributed by atoms with E-state index in [1.54, 1.807) is 12.1 Å². The molecule has 1 unspecified atom stereocenters. The second-order valence-electron chi connectivity index (χ2n) is 9.29. The molecule has 3 N–H and O–H groups in total. The van der Waals surface area contributed by atoms with E-state index >= 15 is 0 Å². The first kappa shape index (κ1) is 24.0. The van der Waals surface area contributed by atoms with E-state index in [9.17, 15) is 19.2 Å². The highest BCUT2D eigenvalue weighted by Gasteiger charge is 2.39. The smallest absolute Gasteiger partial charge is 0.319 e. The molecule has 0 aliphatic carbocycles. The van der Waals surface area contributed by atoms with Gasteiger partial charge in [0.15, 0.2) is 0 Å². The summed E-state index contributed by atoms with van der Waals surface area (Å²) in [6.45, 7) is 4.68. The number of hydrogen-bond acceptors (Lipinski definition) is 6. The highest BCUT2D eigenvalue weighted by Crippen LogP contribution is 2.28. The molecule has 188 valence electrons. The van der Waals surface area contributed by atoms with Crippen LogP contribution in [-0.2, 0) is 34.0 Å². The molecule has 2 saturated heterocycles. The van der Waals surface area contributed by atoms with Crippen molar-refractivity contribution in [1.29, 1.82) is 0 Å². The van der Waals surface area contributed by atoms with Crippen molar-refractivity contribution in [2.45, 2.75) is 38.5 Å². The third-order valence-electron chi connectivity index (χ3n) is 6.74.